The Morgan fingerprint density at radius 3 is 1.08 bits per heavy atom. The molecule has 10 rings (SSSR count). The van der Waals surface area contributed by atoms with Gasteiger partial charge in [0, 0.05) is 26.8 Å². The maximum atomic E-state index is 12.4. The van der Waals surface area contributed by atoms with E-state index in [0.717, 1.165) is 43.5 Å². The van der Waals surface area contributed by atoms with Crippen molar-refractivity contribution in [1.29, 1.82) is 0 Å². The SMILES string of the molecule is CC(C)c1cc(C(F)(F)F)cc(C(F)(F)F)c1.CC(C)c1ccc(-c2ccccc2)cc1.CC(C)c1ccc(Cl)c(Cl)c1.CC(C)c1cccc(Br)c1.CC(C)c1cccc(C(F)(F)F)c1.CC(C)c1cccc(Cl)c1.CC(C)c1cccs1.CC(C)c1ccncc1.COc1c(Br)cc(C(C)C)cc1Br. The number of rotatable bonds is 11. The smallest absolute Gasteiger partial charge is 0.416 e. The third-order valence-electron chi connectivity index (χ3n) is 15.9. The van der Waals surface area contributed by atoms with Crippen LogP contribution in [0.1, 0.15) is 244 Å². The van der Waals surface area contributed by atoms with Gasteiger partial charge in [0.2, 0.25) is 0 Å². The molecule has 0 bridgehead atoms. The lowest BCUT2D eigenvalue weighted by Crippen LogP contribution is -2.12. The molecule has 0 unspecified atom stereocenters. The summed E-state index contributed by atoms with van der Waals surface area (Å²) >= 11 is 29.6. The van der Waals surface area contributed by atoms with Gasteiger partial charge >= 0.3 is 18.5 Å². The van der Waals surface area contributed by atoms with Crippen LogP contribution in [0.25, 0.3) is 11.1 Å². The van der Waals surface area contributed by atoms with Crippen LogP contribution in [-0.4, -0.2) is 12.1 Å². The van der Waals surface area contributed by atoms with Gasteiger partial charge in [0.25, 0.3) is 0 Å². The molecule has 106 heavy (non-hydrogen) atoms. The average molecular weight is 1740 g/mol. The van der Waals surface area contributed by atoms with Crippen LogP contribution in [0.15, 0.2) is 231 Å². The minimum Gasteiger partial charge on any atom is -0.494 e. The zero-order chi connectivity index (χ0) is 80.4. The van der Waals surface area contributed by atoms with E-state index in [2.05, 4.69) is 252 Å². The maximum Gasteiger partial charge on any atom is 0.416 e. The first kappa shape index (κ1) is 96.2. The largest absolute Gasteiger partial charge is 0.494 e. The van der Waals surface area contributed by atoms with Crippen molar-refractivity contribution in [3.05, 3.63) is 313 Å². The first-order valence-corrected chi connectivity index (χ1v) is 39.3. The number of halogens is 15. The van der Waals surface area contributed by atoms with E-state index in [4.69, 9.17) is 39.5 Å². The van der Waals surface area contributed by atoms with Gasteiger partial charge in [-0.25, -0.2) is 0 Å². The topological polar surface area (TPSA) is 22.1 Å². The molecule has 0 atom stereocenters. The van der Waals surface area contributed by atoms with Crippen LogP contribution in [0.5, 0.6) is 5.75 Å². The monoisotopic (exact) mass is 1730 g/mol. The molecular weight excluding hydrogens is 1640 g/mol. The molecule has 0 N–H and O–H groups in total. The van der Waals surface area contributed by atoms with E-state index in [-0.39, 0.29) is 17.5 Å². The predicted octanol–water partition coefficient (Wildman–Crippen LogP) is 33.7. The van der Waals surface area contributed by atoms with Crippen LogP contribution >= 0.6 is 93.9 Å². The fraction of sp³-hybridized carbons (Fsp3) is 0.352. The number of hydrogen-bond acceptors (Lipinski definition) is 3. The van der Waals surface area contributed by atoms with Crippen LogP contribution in [0.3, 0.4) is 0 Å². The molecule has 0 aliphatic carbocycles. The third kappa shape index (κ3) is 37.0. The van der Waals surface area contributed by atoms with Crippen molar-refractivity contribution in [3.63, 3.8) is 0 Å². The van der Waals surface area contributed by atoms with Crippen LogP contribution in [0.4, 0.5) is 39.5 Å². The molecule has 8 aromatic carbocycles. The summed E-state index contributed by atoms with van der Waals surface area (Å²) in [6.45, 7) is 37.3. The second-order valence-electron chi connectivity index (χ2n) is 27.4. The molecule has 18 heteroatoms. The highest BCUT2D eigenvalue weighted by molar-refractivity contribution is 9.11. The lowest BCUT2D eigenvalue weighted by molar-refractivity contribution is -0.143. The number of pyridine rings is 1. The number of benzene rings is 8. The van der Waals surface area contributed by atoms with Gasteiger partial charge in [-0.15, -0.1) is 11.3 Å². The van der Waals surface area contributed by atoms with E-state index < -0.39 is 41.1 Å². The molecule has 0 amide bonds. The molecule has 0 saturated heterocycles. The van der Waals surface area contributed by atoms with Gasteiger partial charge in [-0.2, -0.15) is 39.5 Å². The zero-order valence-electron chi connectivity index (χ0n) is 63.9. The van der Waals surface area contributed by atoms with Gasteiger partial charge in [0.05, 0.1) is 42.8 Å². The van der Waals surface area contributed by atoms with Crippen LogP contribution < -0.4 is 4.74 Å². The Labute approximate surface area is 670 Å². The van der Waals surface area contributed by atoms with E-state index in [1.165, 1.54) is 79.8 Å². The number of thiophene rings is 1. The average Bonchev–Trinajstić information content (AvgIpc) is 1.63. The normalized spacial score (nSPS) is 11.1. The molecule has 0 aliphatic rings. The van der Waals surface area contributed by atoms with Crippen molar-refractivity contribution < 1.29 is 44.3 Å². The standard InChI is InChI=1S/C15H16.C11H10F6.C10H12Br2O.C10H11F3.C9H11Br.C9H10Cl2.C9H11Cl.C8H11N.C7H10S/c1-12(2)13-8-10-15(11-9-13)14-6-4-3-5-7-14;1-6(2)7-3-8(10(12,13)14)5-9(4-7)11(15,16)17;1-6(2)7-4-8(11)10(13-3)9(12)5-7;1-7(2)8-4-3-5-9(6-8)10(11,12)13;1-7(2)8-4-3-5-9(10)6-8;1-6(2)7-3-4-8(10)9(11)5-7;1-7(2)8-4-3-5-9(10)6-8;1-7(2)8-3-5-9-6-4-8;1-6(2)7-4-3-5-8-7/h3-12H,1-2H3;3-6H,1-2H3;4-6H,1-3H3;3-7H,1-2H3;3-7H,1-2H3;3-6H,1-2H3;3-7H,1-2H3;3-7H,1-2H3;3-6H,1-2H3. The predicted molar refractivity (Wildman–Crippen MR) is 446 cm³/mol. The van der Waals surface area contributed by atoms with Gasteiger partial charge in [0.1, 0.15) is 5.75 Å². The highest BCUT2D eigenvalue weighted by Gasteiger charge is 2.37. The summed E-state index contributed by atoms with van der Waals surface area (Å²) in [6, 6.07) is 61.1. The van der Waals surface area contributed by atoms with E-state index in [9.17, 15) is 39.5 Å². The van der Waals surface area contributed by atoms with Gasteiger partial charge in [0.15, 0.2) is 0 Å². The summed E-state index contributed by atoms with van der Waals surface area (Å²) in [6.07, 6.45) is -10.1. The number of methoxy groups -OCH3 is 1. The fourth-order valence-corrected chi connectivity index (χ4v) is 12.4. The summed E-state index contributed by atoms with van der Waals surface area (Å²) in [5.74, 6) is 4.72. The zero-order valence-corrected chi connectivity index (χ0v) is 71.8. The Hall–Kier alpha value is -5.91. The molecular formula is C88H102Br3Cl3F9NOS. The molecule has 0 spiro atoms. The second-order valence-corrected chi connectivity index (χ2v) is 32.3. The summed E-state index contributed by atoms with van der Waals surface area (Å²) in [5, 5.41) is 4.20. The summed E-state index contributed by atoms with van der Waals surface area (Å²) < 4.78 is 120. The Kier molecular flexibility index (Phi) is 43.5. The number of ether oxygens (including phenoxy) is 1. The Bertz CT molecular complexity index is 3980. The summed E-state index contributed by atoms with van der Waals surface area (Å²) in [7, 11) is 1.67. The van der Waals surface area contributed by atoms with Gasteiger partial charge in [-0.1, -0.05) is 285 Å². The highest BCUT2D eigenvalue weighted by Crippen LogP contribution is 2.39. The van der Waals surface area contributed by atoms with Gasteiger partial charge in [-0.3, -0.25) is 4.98 Å². The van der Waals surface area contributed by atoms with E-state index in [0.29, 0.717) is 51.5 Å². The molecule has 2 aromatic heterocycles. The molecule has 2 heterocycles. The van der Waals surface area contributed by atoms with Crippen molar-refractivity contribution in [2.75, 3.05) is 7.11 Å². The Morgan fingerprint density at radius 1 is 0.330 bits per heavy atom. The van der Waals surface area contributed by atoms with E-state index in [1.807, 2.05) is 98.2 Å². The van der Waals surface area contributed by atoms with Gasteiger partial charge in [-0.05, 0) is 237 Å². The molecule has 576 valence electrons. The first-order chi connectivity index (χ1) is 49.4. The van der Waals surface area contributed by atoms with Crippen molar-refractivity contribution in [2.45, 2.75) is 196 Å². The van der Waals surface area contributed by atoms with Crippen molar-refractivity contribution in [1.82, 2.24) is 4.98 Å². The van der Waals surface area contributed by atoms with Crippen molar-refractivity contribution in [2.24, 2.45) is 0 Å². The molecule has 0 fully saturated rings. The second kappa shape index (κ2) is 47.9. The lowest BCUT2D eigenvalue weighted by atomic mass is 9.97. The maximum absolute atomic E-state index is 12.4. The first-order valence-electron chi connectivity index (χ1n) is 34.9. The van der Waals surface area contributed by atoms with Gasteiger partial charge < -0.3 is 4.74 Å². The van der Waals surface area contributed by atoms with Crippen LogP contribution in [0, 0.1) is 0 Å². The third-order valence-corrected chi connectivity index (χ3v) is 19.7. The van der Waals surface area contributed by atoms with Crippen molar-refractivity contribution >= 4 is 93.9 Å². The molecule has 10 aromatic rings. The fourth-order valence-electron chi connectivity index (χ4n) is 9.16. The summed E-state index contributed by atoms with van der Waals surface area (Å²) in [5.41, 5.74) is 8.15. The molecule has 2 nitrogen and oxygen atoms in total. The number of nitrogens with zero attached hydrogens (tertiary/aromatic N) is 1. The van der Waals surface area contributed by atoms with E-state index in [1.54, 1.807) is 13.2 Å². The summed E-state index contributed by atoms with van der Waals surface area (Å²) in [4.78, 5) is 5.40. The Morgan fingerprint density at radius 2 is 0.717 bits per heavy atom. The van der Waals surface area contributed by atoms with Crippen LogP contribution in [-0.2, 0) is 18.5 Å². The van der Waals surface area contributed by atoms with Crippen LogP contribution in [0.2, 0.25) is 15.1 Å². The Balaban J connectivity index is 0.000000408. The number of hydrogen-bond donors (Lipinski definition) is 0. The lowest BCUT2D eigenvalue weighted by Gasteiger charge is -2.15. The number of alkyl halides is 9. The van der Waals surface area contributed by atoms with E-state index >= 15 is 0 Å². The number of aromatic nitrogens is 1. The quantitative estimate of drug-likeness (QED) is 0.120. The molecule has 0 saturated carbocycles. The molecule has 0 radical (unpaired) electrons. The highest BCUT2D eigenvalue weighted by atomic mass is 79.9. The minimum atomic E-state index is -4.77. The molecule has 0 aliphatic heterocycles. The van der Waals surface area contributed by atoms with Crippen molar-refractivity contribution in [3.8, 4) is 16.9 Å². The minimum absolute atomic E-state index is 0.0205.